The third-order valence-corrected chi connectivity index (χ3v) is 7.98. The molecule has 0 heterocycles. The fraction of sp³-hybridized carbons (Fsp3) is 0.458. The van der Waals surface area contributed by atoms with Crippen LogP contribution in [0.2, 0.25) is 5.02 Å². The second-order valence-electron chi connectivity index (χ2n) is 8.34. The zero-order chi connectivity index (χ0) is 22.4. The highest BCUT2D eigenvalue weighted by Crippen LogP contribution is 2.26. The smallest absolute Gasteiger partial charge is 0.264 e. The molecule has 0 aliphatic heterocycles. The van der Waals surface area contributed by atoms with Crippen molar-refractivity contribution in [1.29, 1.82) is 0 Å². The van der Waals surface area contributed by atoms with Gasteiger partial charge in [0.1, 0.15) is 6.54 Å². The van der Waals surface area contributed by atoms with Crippen molar-refractivity contribution >= 4 is 33.2 Å². The molecule has 0 radical (unpaired) electrons. The summed E-state index contributed by atoms with van der Waals surface area (Å²) in [6.07, 6.45) is 7.70. The number of anilines is 1. The zero-order valence-corrected chi connectivity index (χ0v) is 19.8. The van der Waals surface area contributed by atoms with E-state index in [1.54, 1.807) is 18.2 Å². The van der Waals surface area contributed by atoms with Crippen LogP contribution in [0.5, 0.6) is 0 Å². The molecule has 1 aliphatic carbocycles. The SMILES string of the molecule is Cc1ccc(N(CC(=O)NC2CCCCCCC2)S(=O)(=O)c2ccc(Cl)cc2)cc1C. The summed E-state index contributed by atoms with van der Waals surface area (Å²) in [5, 5.41) is 3.54. The summed E-state index contributed by atoms with van der Waals surface area (Å²) < 4.78 is 28.1. The minimum Gasteiger partial charge on any atom is -0.352 e. The van der Waals surface area contributed by atoms with Crippen LogP contribution >= 0.6 is 11.6 Å². The second kappa shape index (κ2) is 10.5. The fourth-order valence-electron chi connectivity index (χ4n) is 3.93. The minimum absolute atomic E-state index is 0.104. The molecule has 1 saturated carbocycles. The molecule has 1 amide bonds. The Morgan fingerprint density at radius 1 is 0.968 bits per heavy atom. The van der Waals surface area contributed by atoms with Crippen LogP contribution in [0.3, 0.4) is 0 Å². The molecule has 7 heteroatoms. The molecule has 0 aromatic heterocycles. The first-order valence-electron chi connectivity index (χ1n) is 10.9. The topological polar surface area (TPSA) is 66.5 Å². The number of nitrogens with zero attached hydrogens (tertiary/aromatic N) is 1. The van der Waals surface area contributed by atoms with Gasteiger partial charge in [-0.15, -0.1) is 0 Å². The Kier molecular flexibility index (Phi) is 8.00. The van der Waals surface area contributed by atoms with Crippen molar-refractivity contribution in [3.05, 3.63) is 58.6 Å². The number of sulfonamides is 1. The average molecular weight is 463 g/mol. The van der Waals surface area contributed by atoms with Crippen molar-refractivity contribution in [2.24, 2.45) is 0 Å². The van der Waals surface area contributed by atoms with E-state index in [1.807, 2.05) is 26.0 Å². The van der Waals surface area contributed by atoms with E-state index in [0.717, 1.165) is 36.8 Å². The van der Waals surface area contributed by atoms with Gasteiger partial charge < -0.3 is 5.32 Å². The van der Waals surface area contributed by atoms with Crippen molar-refractivity contribution in [3.63, 3.8) is 0 Å². The molecule has 5 nitrogen and oxygen atoms in total. The van der Waals surface area contributed by atoms with E-state index >= 15 is 0 Å². The summed E-state index contributed by atoms with van der Waals surface area (Å²) in [4.78, 5) is 13.0. The molecule has 1 fully saturated rings. The Labute approximate surface area is 190 Å². The van der Waals surface area contributed by atoms with E-state index in [0.29, 0.717) is 10.7 Å². The molecule has 0 atom stereocenters. The Morgan fingerprint density at radius 3 is 2.19 bits per heavy atom. The van der Waals surface area contributed by atoms with Gasteiger partial charge in [0.05, 0.1) is 10.6 Å². The summed E-state index contributed by atoms with van der Waals surface area (Å²) in [5.74, 6) is -0.277. The van der Waals surface area contributed by atoms with Crippen LogP contribution in [0.25, 0.3) is 0 Å². The predicted octanol–water partition coefficient (Wildman–Crippen LogP) is 5.38. The van der Waals surface area contributed by atoms with Gasteiger partial charge in [-0.05, 0) is 74.2 Å². The molecule has 1 aliphatic rings. The van der Waals surface area contributed by atoms with Gasteiger partial charge in [-0.3, -0.25) is 9.10 Å². The van der Waals surface area contributed by atoms with Crippen LogP contribution in [0, 0.1) is 13.8 Å². The summed E-state index contributed by atoms with van der Waals surface area (Å²) in [7, 11) is -3.94. The van der Waals surface area contributed by atoms with E-state index in [4.69, 9.17) is 11.6 Å². The van der Waals surface area contributed by atoms with Crippen molar-refractivity contribution in [2.45, 2.75) is 69.7 Å². The molecule has 2 aromatic carbocycles. The lowest BCUT2D eigenvalue weighted by atomic mass is 9.97. The molecule has 168 valence electrons. The Hall–Kier alpha value is -2.05. The average Bonchev–Trinajstić information content (AvgIpc) is 2.70. The van der Waals surface area contributed by atoms with Gasteiger partial charge in [-0.25, -0.2) is 8.42 Å². The number of carbonyl (C=O) groups is 1. The van der Waals surface area contributed by atoms with Crippen LogP contribution < -0.4 is 9.62 Å². The Balaban J connectivity index is 1.87. The molecule has 0 saturated heterocycles. The molecule has 3 rings (SSSR count). The van der Waals surface area contributed by atoms with Crippen LogP contribution in [-0.4, -0.2) is 26.9 Å². The number of rotatable bonds is 6. The number of nitrogens with one attached hydrogen (secondary N) is 1. The number of amides is 1. The minimum atomic E-state index is -3.94. The highest BCUT2D eigenvalue weighted by molar-refractivity contribution is 7.92. The van der Waals surface area contributed by atoms with Gasteiger partial charge in [0.15, 0.2) is 0 Å². The van der Waals surface area contributed by atoms with Gasteiger partial charge in [0.25, 0.3) is 10.0 Å². The van der Waals surface area contributed by atoms with Crippen LogP contribution in [0.4, 0.5) is 5.69 Å². The number of carbonyl (C=O) groups excluding carboxylic acids is 1. The van der Waals surface area contributed by atoms with E-state index in [9.17, 15) is 13.2 Å². The standard InChI is InChI=1S/C24H31ClN2O3S/c1-18-10-13-22(16-19(18)2)27(31(29,30)23-14-11-20(25)12-15-23)17-24(28)26-21-8-6-4-3-5-7-9-21/h10-16,21H,3-9,17H2,1-2H3,(H,26,28). The summed E-state index contributed by atoms with van der Waals surface area (Å²) >= 11 is 5.94. The maximum absolute atomic E-state index is 13.5. The molecule has 0 spiro atoms. The zero-order valence-electron chi connectivity index (χ0n) is 18.2. The van der Waals surface area contributed by atoms with Gasteiger partial charge in [-0.1, -0.05) is 49.8 Å². The van der Waals surface area contributed by atoms with Gasteiger partial charge >= 0.3 is 0 Å². The molecule has 2 aromatic rings. The van der Waals surface area contributed by atoms with Gasteiger partial charge in [-0.2, -0.15) is 0 Å². The molecule has 0 unspecified atom stereocenters. The monoisotopic (exact) mass is 462 g/mol. The second-order valence-corrected chi connectivity index (χ2v) is 10.6. The summed E-state index contributed by atoms with van der Waals surface area (Å²) in [5.41, 5.74) is 2.51. The molecule has 1 N–H and O–H groups in total. The van der Waals surface area contributed by atoms with Crippen LogP contribution in [-0.2, 0) is 14.8 Å². The van der Waals surface area contributed by atoms with E-state index in [2.05, 4.69) is 5.32 Å². The fourth-order valence-corrected chi connectivity index (χ4v) is 5.47. The Bertz CT molecular complexity index is 998. The number of benzene rings is 2. The largest absolute Gasteiger partial charge is 0.352 e. The van der Waals surface area contributed by atoms with Gasteiger partial charge in [0.2, 0.25) is 5.91 Å². The number of hydrogen-bond acceptors (Lipinski definition) is 3. The van der Waals surface area contributed by atoms with Gasteiger partial charge in [0, 0.05) is 11.1 Å². The molecular weight excluding hydrogens is 432 g/mol. The lowest BCUT2D eigenvalue weighted by Crippen LogP contribution is -2.44. The molecule has 0 bridgehead atoms. The Morgan fingerprint density at radius 2 is 1.58 bits per heavy atom. The first-order valence-corrected chi connectivity index (χ1v) is 12.7. The van der Waals surface area contributed by atoms with Crippen molar-refractivity contribution in [2.75, 3.05) is 10.8 Å². The molecular formula is C24H31ClN2O3S. The van der Waals surface area contributed by atoms with Crippen molar-refractivity contribution < 1.29 is 13.2 Å². The highest BCUT2D eigenvalue weighted by Gasteiger charge is 2.28. The van der Waals surface area contributed by atoms with Crippen molar-refractivity contribution in [1.82, 2.24) is 5.32 Å². The van der Waals surface area contributed by atoms with E-state index < -0.39 is 10.0 Å². The van der Waals surface area contributed by atoms with Crippen LogP contribution in [0.1, 0.15) is 56.1 Å². The maximum atomic E-state index is 13.5. The predicted molar refractivity (Wildman–Crippen MR) is 126 cm³/mol. The lowest BCUT2D eigenvalue weighted by molar-refractivity contribution is -0.120. The number of halogens is 1. The lowest BCUT2D eigenvalue weighted by Gasteiger charge is -2.27. The first kappa shape index (κ1) is 23.6. The third kappa shape index (κ3) is 6.23. The summed E-state index contributed by atoms with van der Waals surface area (Å²) in [6.45, 7) is 3.64. The normalized spacial score (nSPS) is 15.7. The highest BCUT2D eigenvalue weighted by atomic mass is 35.5. The first-order chi connectivity index (χ1) is 14.8. The third-order valence-electron chi connectivity index (χ3n) is 5.94. The number of hydrogen-bond donors (Lipinski definition) is 1. The van der Waals surface area contributed by atoms with E-state index in [1.165, 1.54) is 35.7 Å². The maximum Gasteiger partial charge on any atom is 0.264 e. The van der Waals surface area contributed by atoms with Crippen molar-refractivity contribution in [3.8, 4) is 0 Å². The van der Waals surface area contributed by atoms with Crippen LogP contribution in [0.15, 0.2) is 47.4 Å². The summed E-state index contributed by atoms with van der Waals surface area (Å²) in [6, 6.07) is 11.6. The van der Waals surface area contributed by atoms with E-state index in [-0.39, 0.29) is 23.4 Å². The number of aryl methyl sites for hydroxylation is 2. The quantitative estimate of drug-likeness (QED) is 0.626. The molecule has 31 heavy (non-hydrogen) atoms.